The number of anilines is 2. The zero-order valence-corrected chi connectivity index (χ0v) is 11.9. The van der Waals surface area contributed by atoms with Crippen LogP contribution in [0, 0.1) is 0 Å². The molecule has 1 aliphatic rings. The van der Waals surface area contributed by atoms with Crippen LogP contribution < -0.4 is 10.6 Å². The summed E-state index contributed by atoms with van der Waals surface area (Å²) in [7, 11) is 0. The number of rotatable bonds is 4. The van der Waals surface area contributed by atoms with Crippen LogP contribution in [0.15, 0.2) is 24.5 Å². The minimum Gasteiger partial charge on any atom is -0.399 e. The van der Waals surface area contributed by atoms with E-state index in [2.05, 4.69) is 14.9 Å². The Bertz CT molecular complexity index is 612. The number of hydrogen-bond acceptors (Lipinski definition) is 6. The van der Waals surface area contributed by atoms with Gasteiger partial charge in [0.2, 0.25) is 0 Å². The van der Waals surface area contributed by atoms with Gasteiger partial charge in [0.05, 0.1) is 24.8 Å². The van der Waals surface area contributed by atoms with Gasteiger partial charge in [0.15, 0.2) is 0 Å². The first kappa shape index (κ1) is 14.0. The first-order valence-corrected chi connectivity index (χ1v) is 7.25. The quantitative estimate of drug-likeness (QED) is 0.822. The summed E-state index contributed by atoms with van der Waals surface area (Å²) < 4.78 is 5.59. The van der Waals surface area contributed by atoms with Gasteiger partial charge in [0.25, 0.3) is 0 Å². The van der Waals surface area contributed by atoms with Gasteiger partial charge in [-0.05, 0) is 31.0 Å². The third kappa shape index (κ3) is 3.06. The molecule has 112 valence electrons. The van der Waals surface area contributed by atoms with Crippen LogP contribution in [0.25, 0.3) is 10.9 Å². The molecule has 6 nitrogen and oxygen atoms in total. The Morgan fingerprint density at radius 1 is 1.29 bits per heavy atom. The summed E-state index contributed by atoms with van der Waals surface area (Å²) in [4.78, 5) is 11.0. The smallest absolute Gasteiger partial charge is 0.139 e. The van der Waals surface area contributed by atoms with Crippen molar-refractivity contribution >= 4 is 22.4 Å². The molecule has 21 heavy (non-hydrogen) atoms. The molecule has 0 radical (unpaired) electrons. The lowest BCUT2D eigenvalue weighted by Crippen LogP contribution is -2.38. The van der Waals surface area contributed by atoms with Crippen molar-refractivity contribution in [1.82, 2.24) is 9.97 Å². The zero-order chi connectivity index (χ0) is 14.7. The molecule has 2 aromatic rings. The van der Waals surface area contributed by atoms with Crippen LogP contribution in [0.1, 0.15) is 12.8 Å². The molecule has 1 aliphatic heterocycles. The van der Waals surface area contributed by atoms with E-state index < -0.39 is 0 Å². The van der Waals surface area contributed by atoms with Gasteiger partial charge in [-0.3, -0.25) is 0 Å². The number of ether oxygens (including phenoxy) is 1. The van der Waals surface area contributed by atoms with Gasteiger partial charge in [-0.25, -0.2) is 9.97 Å². The Morgan fingerprint density at radius 2 is 2.10 bits per heavy atom. The van der Waals surface area contributed by atoms with Crippen molar-refractivity contribution in [3.05, 3.63) is 24.5 Å². The van der Waals surface area contributed by atoms with E-state index in [9.17, 15) is 0 Å². The number of benzene rings is 1. The Balaban J connectivity index is 1.76. The maximum absolute atomic E-state index is 8.81. The number of hydrogen-bond donors (Lipinski definition) is 2. The van der Waals surface area contributed by atoms with E-state index in [-0.39, 0.29) is 12.7 Å². The highest BCUT2D eigenvalue weighted by atomic mass is 16.5. The van der Waals surface area contributed by atoms with Crippen molar-refractivity contribution in [1.29, 1.82) is 0 Å². The summed E-state index contributed by atoms with van der Waals surface area (Å²) in [6.07, 6.45) is 3.71. The minimum absolute atomic E-state index is 0.0815. The molecule has 0 aliphatic carbocycles. The number of aliphatic hydroxyl groups is 1. The molecule has 0 atom stereocenters. The second-order valence-electron chi connectivity index (χ2n) is 5.25. The Hall–Kier alpha value is -1.92. The molecule has 0 amide bonds. The number of aliphatic hydroxyl groups excluding tert-OH is 1. The van der Waals surface area contributed by atoms with Gasteiger partial charge in [0, 0.05) is 24.2 Å². The molecular weight excluding hydrogens is 268 g/mol. The summed E-state index contributed by atoms with van der Waals surface area (Å²) in [5, 5.41) is 9.83. The molecule has 3 rings (SSSR count). The maximum Gasteiger partial charge on any atom is 0.139 e. The van der Waals surface area contributed by atoms with E-state index in [1.807, 2.05) is 18.2 Å². The zero-order valence-electron chi connectivity index (χ0n) is 11.9. The van der Waals surface area contributed by atoms with Gasteiger partial charge in [-0.2, -0.15) is 0 Å². The fourth-order valence-corrected chi connectivity index (χ4v) is 2.77. The molecule has 0 unspecified atom stereocenters. The molecular formula is C15H20N4O2. The van der Waals surface area contributed by atoms with E-state index >= 15 is 0 Å². The number of aromatic nitrogens is 2. The molecule has 2 heterocycles. The average Bonchev–Trinajstić information content (AvgIpc) is 2.52. The van der Waals surface area contributed by atoms with Crippen LogP contribution in [0.5, 0.6) is 0 Å². The third-order valence-electron chi connectivity index (χ3n) is 3.83. The first-order chi connectivity index (χ1) is 10.3. The van der Waals surface area contributed by atoms with Gasteiger partial charge in [0.1, 0.15) is 12.1 Å². The minimum atomic E-state index is 0.0815. The Labute approximate surface area is 123 Å². The van der Waals surface area contributed by atoms with E-state index in [0.29, 0.717) is 12.3 Å². The van der Waals surface area contributed by atoms with Crippen molar-refractivity contribution in [3.8, 4) is 0 Å². The molecule has 1 aromatic carbocycles. The van der Waals surface area contributed by atoms with E-state index in [1.165, 1.54) is 0 Å². The van der Waals surface area contributed by atoms with E-state index in [0.717, 1.165) is 42.7 Å². The summed E-state index contributed by atoms with van der Waals surface area (Å²) >= 11 is 0. The van der Waals surface area contributed by atoms with Crippen LogP contribution in [-0.2, 0) is 4.74 Å². The Kier molecular flexibility index (Phi) is 4.17. The first-order valence-electron chi connectivity index (χ1n) is 7.25. The third-order valence-corrected chi connectivity index (χ3v) is 3.83. The van der Waals surface area contributed by atoms with Crippen molar-refractivity contribution in [2.24, 2.45) is 0 Å². The van der Waals surface area contributed by atoms with Gasteiger partial charge in [-0.15, -0.1) is 0 Å². The number of fused-ring (bicyclic) bond motifs is 1. The molecule has 3 N–H and O–H groups in total. The van der Waals surface area contributed by atoms with Crippen LogP contribution in [-0.4, -0.2) is 47.5 Å². The summed E-state index contributed by atoms with van der Waals surface area (Å²) in [6, 6.07) is 5.73. The van der Waals surface area contributed by atoms with Gasteiger partial charge < -0.3 is 20.5 Å². The molecule has 0 spiro atoms. The number of piperidine rings is 1. The molecule has 1 saturated heterocycles. The summed E-state index contributed by atoms with van der Waals surface area (Å²) in [6.45, 7) is 2.29. The van der Waals surface area contributed by atoms with E-state index in [4.69, 9.17) is 15.6 Å². The second-order valence-corrected chi connectivity index (χ2v) is 5.25. The van der Waals surface area contributed by atoms with Crippen molar-refractivity contribution in [2.45, 2.75) is 18.9 Å². The lowest BCUT2D eigenvalue weighted by Gasteiger charge is -2.33. The lowest BCUT2D eigenvalue weighted by molar-refractivity contribution is 0.0158. The topological polar surface area (TPSA) is 84.5 Å². The summed E-state index contributed by atoms with van der Waals surface area (Å²) in [5.74, 6) is 0.959. The number of nitrogens with zero attached hydrogens (tertiary/aromatic N) is 3. The fourth-order valence-electron chi connectivity index (χ4n) is 2.77. The monoisotopic (exact) mass is 288 g/mol. The molecule has 1 fully saturated rings. The van der Waals surface area contributed by atoms with Crippen LogP contribution in [0.3, 0.4) is 0 Å². The largest absolute Gasteiger partial charge is 0.399 e. The normalized spacial score (nSPS) is 16.5. The maximum atomic E-state index is 8.81. The second kappa shape index (κ2) is 6.24. The van der Waals surface area contributed by atoms with E-state index in [1.54, 1.807) is 6.33 Å². The summed E-state index contributed by atoms with van der Waals surface area (Å²) in [5.41, 5.74) is 7.39. The fraction of sp³-hybridized carbons (Fsp3) is 0.467. The SMILES string of the molecule is Nc1ccc2c(N3CCC(OCCO)CC3)ncnc2c1. The van der Waals surface area contributed by atoms with Crippen LogP contribution in [0.2, 0.25) is 0 Å². The van der Waals surface area contributed by atoms with Gasteiger partial charge in [-0.1, -0.05) is 0 Å². The van der Waals surface area contributed by atoms with Crippen molar-refractivity contribution in [3.63, 3.8) is 0 Å². The predicted molar refractivity (Wildman–Crippen MR) is 82.2 cm³/mol. The standard InChI is InChI=1S/C15H20N4O2/c16-11-1-2-13-14(9-11)17-10-18-15(13)19-5-3-12(4-6-19)21-8-7-20/h1-2,9-10,12,20H,3-8,16H2. The van der Waals surface area contributed by atoms with Crippen molar-refractivity contribution in [2.75, 3.05) is 36.9 Å². The highest BCUT2D eigenvalue weighted by Gasteiger charge is 2.21. The van der Waals surface area contributed by atoms with Crippen molar-refractivity contribution < 1.29 is 9.84 Å². The average molecular weight is 288 g/mol. The van der Waals surface area contributed by atoms with Crippen LogP contribution in [0.4, 0.5) is 11.5 Å². The van der Waals surface area contributed by atoms with Crippen LogP contribution >= 0.6 is 0 Å². The molecule has 0 saturated carbocycles. The Morgan fingerprint density at radius 3 is 2.86 bits per heavy atom. The number of nitrogens with two attached hydrogens (primary N) is 1. The molecule has 1 aromatic heterocycles. The highest BCUT2D eigenvalue weighted by molar-refractivity contribution is 5.91. The van der Waals surface area contributed by atoms with Gasteiger partial charge >= 0.3 is 0 Å². The molecule has 0 bridgehead atoms. The number of nitrogen functional groups attached to an aromatic ring is 1. The highest BCUT2D eigenvalue weighted by Crippen LogP contribution is 2.27. The molecule has 6 heteroatoms. The predicted octanol–water partition coefficient (Wildman–Crippen LogP) is 1.19. The lowest BCUT2D eigenvalue weighted by atomic mass is 10.1.